The van der Waals surface area contributed by atoms with Gasteiger partial charge in [0.2, 0.25) is 5.95 Å². The van der Waals surface area contributed by atoms with Crippen molar-refractivity contribution in [3.63, 3.8) is 0 Å². The number of hydrogen-bond acceptors (Lipinski definition) is 5. The van der Waals surface area contributed by atoms with Gasteiger partial charge in [-0.3, -0.25) is 4.79 Å². The third-order valence-corrected chi connectivity index (χ3v) is 2.52. The van der Waals surface area contributed by atoms with E-state index < -0.39 is 0 Å². The molecule has 0 atom stereocenters. The van der Waals surface area contributed by atoms with Gasteiger partial charge < -0.3 is 9.64 Å². The molecule has 0 bridgehead atoms. The molecule has 1 heterocycles. The van der Waals surface area contributed by atoms with Crippen LogP contribution in [0.5, 0.6) is 0 Å². The Morgan fingerprint density at radius 2 is 1.89 bits per heavy atom. The van der Waals surface area contributed by atoms with E-state index in [-0.39, 0.29) is 17.9 Å². The standard InChI is InChI=1S/C13H21N3O2/c1-6-18-11(17)9-16(5)12-14-7-10(8-15-12)13(2,3)4/h7-8H,6,9H2,1-5H3. The van der Waals surface area contributed by atoms with Crippen LogP contribution in [0, 0.1) is 0 Å². The second kappa shape index (κ2) is 5.80. The molecule has 0 aromatic carbocycles. The smallest absolute Gasteiger partial charge is 0.325 e. The summed E-state index contributed by atoms with van der Waals surface area (Å²) < 4.78 is 4.88. The van der Waals surface area contributed by atoms with Crippen LogP contribution in [-0.4, -0.2) is 36.1 Å². The van der Waals surface area contributed by atoms with Crippen LogP contribution in [0.25, 0.3) is 0 Å². The maximum atomic E-state index is 11.3. The number of likely N-dealkylation sites (N-methyl/N-ethyl adjacent to an activating group) is 1. The number of anilines is 1. The van der Waals surface area contributed by atoms with Gasteiger partial charge in [0.05, 0.1) is 6.61 Å². The van der Waals surface area contributed by atoms with Gasteiger partial charge in [-0.1, -0.05) is 20.8 Å². The van der Waals surface area contributed by atoms with Crippen LogP contribution < -0.4 is 4.90 Å². The first kappa shape index (κ1) is 14.4. The first-order valence-corrected chi connectivity index (χ1v) is 6.04. The second-order valence-corrected chi connectivity index (χ2v) is 5.18. The van der Waals surface area contributed by atoms with E-state index in [2.05, 4.69) is 30.7 Å². The van der Waals surface area contributed by atoms with E-state index in [0.717, 1.165) is 5.56 Å². The van der Waals surface area contributed by atoms with Crippen molar-refractivity contribution in [2.75, 3.05) is 25.1 Å². The van der Waals surface area contributed by atoms with Crippen molar-refractivity contribution in [3.8, 4) is 0 Å². The molecular weight excluding hydrogens is 230 g/mol. The number of aromatic nitrogens is 2. The number of carbonyl (C=O) groups excluding carboxylic acids is 1. The van der Waals surface area contributed by atoms with Gasteiger partial charge >= 0.3 is 5.97 Å². The lowest BCUT2D eigenvalue weighted by Gasteiger charge is -2.20. The Morgan fingerprint density at radius 1 is 1.33 bits per heavy atom. The van der Waals surface area contributed by atoms with E-state index in [1.165, 1.54) is 0 Å². The predicted molar refractivity (Wildman–Crippen MR) is 70.6 cm³/mol. The largest absolute Gasteiger partial charge is 0.465 e. The maximum absolute atomic E-state index is 11.3. The van der Waals surface area contributed by atoms with Crippen LogP contribution in [-0.2, 0) is 14.9 Å². The number of nitrogens with zero attached hydrogens (tertiary/aromatic N) is 3. The molecule has 0 amide bonds. The maximum Gasteiger partial charge on any atom is 0.325 e. The van der Waals surface area contributed by atoms with E-state index in [1.54, 1.807) is 31.3 Å². The summed E-state index contributed by atoms with van der Waals surface area (Å²) in [7, 11) is 1.77. The van der Waals surface area contributed by atoms with E-state index in [4.69, 9.17) is 4.74 Å². The number of esters is 1. The van der Waals surface area contributed by atoms with Gasteiger partial charge in [-0.15, -0.1) is 0 Å². The molecule has 0 fully saturated rings. The summed E-state index contributed by atoms with van der Waals surface area (Å²) in [5, 5.41) is 0. The lowest BCUT2D eigenvalue weighted by atomic mass is 9.89. The van der Waals surface area contributed by atoms with Gasteiger partial charge in [-0.2, -0.15) is 0 Å². The Kier molecular flexibility index (Phi) is 4.64. The predicted octanol–water partition coefficient (Wildman–Crippen LogP) is 1.77. The molecule has 0 N–H and O–H groups in total. The number of carbonyl (C=O) groups is 1. The van der Waals surface area contributed by atoms with Crippen LogP contribution in [0.1, 0.15) is 33.3 Å². The first-order chi connectivity index (χ1) is 8.34. The molecular formula is C13H21N3O2. The third-order valence-electron chi connectivity index (χ3n) is 2.52. The van der Waals surface area contributed by atoms with Gasteiger partial charge in [0.25, 0.3) is 0 Å². The van der Waals surface area contributed by atoms with Gasteiger partial charge in [0.15, 0.2) is 0 Å². The normalized spacial score (nSPS) is 11.2. The highest BCUT2D eigenvalue weighted by Gasteiger charge is 2.16. The minimum atomic E-state index is -0.275. The van der Waals surface area contributed by atoms with Gasteiger partial charge in [-0.05, 0) is 17.9 Å². The second-order valence-electron chi connectivity index (χ2n) is 5.18. The summed E-state index contributed by atoms with van der Waals surface area (Å²) in [6, 6.07) is 0. The minimum absolute atomic E-state index is 0.0260. The molecule has 5 nitrogen and oxygen atoms in total. The summed E-state index contributed by atoms with van der Waals surface area (Å²) in [6.07, 6.45) is 3.59. The molecule has 0 aliphatic rings. The quantitative estimate of drug-likeness (QED) is 0.763. The molecule has 1 aromatic heterocycles. The Morgan fingerprint density at radius 3 is 2.33 bits per heavy atom. The molecule has 0 aliphatic carbocycles. The van der Waals surface area contributed by atoms with Gasteiger partial charge in [0, 0.05) is 19.4 Å². The summed E-state index contributed by atoms with van der Waals surface area (Å²) in [6.45, 7) is 8.64. The zero-order valence-electron chi connectivity index (χ0n) is 11.7. The third kappa shape index (κ3) is 3.98. The Hall–Kier alpha value is -1.65. The SMILES string of the molecule is CCOC(=O)CN(C)c1ncc(C(C)(C)C)cn1. The fraction of sp³-hybridized carbons (Fsp3) is 0.615. The Bertz CT molecular complexity index is 396. The highest BCUT2D eigenvalue weighted by atomic mass is 16.5. The summed E-state index contributed by atoms with van der Waals surface area (Å²) >= 11 is 0. The van der Waals surface area contributed by atoms with Crippen LogP contribution in [0.3, 0.4) is 0 Å². The average Bonchev–Trinajstić information content (AvgIpc) is 2.28. The van der Waals surface area contributed by atoms with Crippen molar-refractivity contribution in [3.05, 3.63) is 18.0 Å². The topological polar surface area (TPSA) is 55.3 Å². The average molecular weight is 251 g/mol. The molecule has 5 heteroatoms. The number of hydrogen-bond donors (Lipinski definition) is 0. The van der Waals surface area contributed by atoms with Crippen molar-refractivity contribution >= 4 is 11.9 Å². The Balaban J connectivity index is 2.70. The highest BCUT2D eigenvalue weighted by molar-refractivity contribution is 5.74. The van der Waals surface area contributed by atoms with Crippen LogP contribution in [0.15, 0.2) is 12.4 Å². The molecule has 0 spiro atoms. The van der Waals surface area contributed by atoms with Crippen molar-refractivity contribution < 1.29 is 9.53 Å². The van der Waals surface area contributed by atoms with Crippen molar-refractivity contribution in [1.82, 2.24) is 9.97 Å². The highest BCUT2D eigenvalue weighted by Crippen LogP contribution is 2.21. The fourth-order valence-corrected chi connectivity index (χ4v) is 1.38. The zero-order chi connectivity index (χ0) is 13.8. The van der Waals surface area contributed by atoms with E-state index >= 15 is 0 Å². The minimum Gasteiger partial charge on any atom is -0.465 e. The lowest BCUT2D eigenvalue weighted by Crippen LogP contribution is -2.28. The van der Waals surface area contributed by atoms with Crippen molar-refractivity contribution in [1.29, 1.82) is 0 Å². The van der Waals surface area contributed by atoms with Crippen molar-refractivity contribution in [2.45, 2.75) is 33.1 Å². The van der Waals surface area contributed by atoms with E-state index in [1.807, 2.05) is 0 Å². The summed E-state index contributed by atoms with van der Waals surface area (Å²) in [4.78, 5) is 21.5. The molecule has 0 unspecified atom stereocenters. The molecule has 0 saturated heterocycles. The molecule has 1 aromatic rings. The van der Waals surface area contributed by atoms with Crippen LogP contribution in [0.2, 0.25) is 0 Å². The number of rotatable bonds is 4. The van der Waals surface area contributed by atoms with E-state index in [9.17, 15) is 4.79 Å². The van der Waals surface area contributed by atoms with Gasteiger partial charge in [0.1, 0.15) is 6.54 Å². The molecule has 0 saturated carbocycles. The summed E-state index contributed by atoms with van der Waals surface area (Å²) in [5.74, 6) is 0.250. The van der Waals surface area contributed by atoms with Crippen LogP contribution >= 0.6 is 0 Å². The zero-order valence-corrected chi connectivity index (χ0v) is 11.7. The molecule has 0 radical (unpaired) electrons. The van der Waals surface area contributed by atoms with Gasteiger partial charge in [-0.25, -0.2) is 9.97 Å². The molecule has 0 aliphatic heterocycles. The molecule has 1 rings (SSSR count). The van der Waals surface area contributed by atoms with E-state index in [0.29, 0.717) is 12.6 Å². The number of ether oxygens (including phenoxy) is 1. The molecule has 18 heavy (non-hydrogen) atoms. The van der Waals surface area contributed by atoms with Crippen molar-refractivity contribution in [2.24, 2.45) is 0 Å². The molecule has 100 valence electrons. The van der Waals surface area contributed by atoms with Crippen LogP contribution in [0.4, 0.5) is 5.95 Å². The summed E-state index contributed by atoms with van der Waals surface area (Å²) in [5.41, 5.74) is 1.09. The lowest BCUT2D eigenvalue weighted by molar-refractivity contribution is -0.141. The first-order valence-electron chi connectivity index (χ1n) is 6.04. The Labute approximate surface area is 108 Å². The monoisotopic (exact) mass is 251 g/mol. The fourth-order valence-electron chi connectivity index (χ4n) is 1.38.